The van der Waals surface area contributed by atoms with Crippen molar-refractivity contribution in [2.24, 2.45) is 0 Å². The molecular weight excluding hydrogens is 290 g/mol. The van der Waals surface area contributed by atoms with Gasteiger partial charge in [0.25, 0.3) is 0 Å². The second-order valence-corrected chi connectivity index (χ2v) is 6.26. The van der Waals surface area contributed by atoms with E-state index in [0.29, 0.717) is 6.04 Å². The Morgan fingerprint density at radius 2 is 2.22 bits per heavy atom. The summed E-state index contributed by atoms with van der Waals surface area (Å²) in [4.78, 5) is 7.08. The minimum atomic E-state index is 0.663. The van der Waals surface area contributed by atoms with E-state index in [4.69, 9.17) is 0 Å². The number of rotatable bonds is 3. The summed E-state index contributed by atoms with van der Waals surface area (Å²) in [7, 11) is 0. The minimum absolute atomic E-state index is 0.663. The van der Waals surface area contributed by atoms with Gasteiger partial charge in [-0.2, -0.15) is 0 Å². The van der Waals surface area contributed by atoms with Crippen LogP contribution in [-0.2, 0) is 6.54 Å². The Kier molecular flexibility index (Phi) is 3.97. The lowest BCUT2D eigenvalue weighted by atomic mass is 9.99. The molecule has 0 aliphatic carbocycles. The van der Waals surface area contributed by atoms with Crippen molar-refractivity contribution in [3.63, 3.8) is 0 Å². The number of halogens is 1. The van der Waals surface area contributed by atoms with E-state index in [0.717, 1.165) is 22.8 Å². The van der Waals surface area contributed by atoms with Gasteiger partial charge in [-0.1, -0.05) is 6.42 Å². The smallest absolute Gasteiger partial charge is 0.0542 e. The Morgan fingerprint density at radius 3 is 3.06 bits per heavy atom. The zero-order chi connectivity index (χ0) is 12.4. The number of piperidine rings is 1. The maximum absolute atomic E-state index is 4.42. The highest BCUT2D eigenvalue weighted by atomic mass is 79.9. The third-order valence-corrected chi connectivity index (χ3v) is 4.66. The molecular formula is C14H20BrN3. The van der Waals surface area contributed by atoms with Crippen molar-refractivity contribution in [3.05, 3.63) is 28.5 Å². The number of nitrogens with zero attached hydrogens (tertiary/aromatic N) is 2. The Hall–Kier alpha value is -0.450. The fourth-order valence-electron chi connectivity index (χ4n) is 3.23. The van der Waals surface area contributed by atoms with Crippen LogP contribution in [0.2, 0.25) is 0 Å². The molecule has 0 saturated carbocycles. The van der Waals surface area contributed by atoms with Crippen molar-refractivity contribution in [2.75, 3.05) is 13.1 Å². The van der Waals surface area contributed by atoms with Crippen LogP contribution < -0.4 is 5.32 Å². The summed E-state index contributed by atoms with van der Waals surface area (Å²) in [5.41, 5.74) is 1.13. The van der Waals surface area contributed by atoms with Crippen LogP contribution in [0.3, 0.4) is 0 Å². The van der Waals surface area contributed by atoms with E-state index >= 15 is 0 Å². The van der Waals surface area contributed by atoms with Crippen LogP contribution in [0.25, 0.3) is 0 Å². The van der Waals surface area contributed by atoms with E-state index in [-0.39, 0.29) is 0 Å². The highest BCUT2D eigenvalue weighted by Crippen LogP contribution is 2.27. The first-order valence-electron chi connectivity index (χ1n) is 6.91. The number of aromatic nitrogens is 1. The SMILES string of the molecule is Brc1ccc(CNC2CCN3CCCCC23)nc1. The standard InChI is InChI=1S/C14H20BrN3/c15-11-4-5-12(16-9-11)10-17-13-6-8-18-7-2-1-3-14(13)18/h4-5,9,13-14,17H,1-3,6-8,10H2. The van der Waals surface area contributed by atoms with Gasteiger partial charge in [0, 0.05) is 35.8 Å². The van der Waals surface area contributed by atoms with Crippen molar-refractivity contribution in [1.29, 1.82) is 0 Å². The summed E-state index contributed by atoms with van der Waals surface area (Å²) in [5, 5.41) is 3.70. The molecule has 2 atom stereocenters. The highest BCUT2D eigenvalue weighted by molar-refractivity contribution is 9.10. The molecule has 1 N–H and O–H groups in total. The lowest BCUT2D eigenvalue weighted by molar-refractivity contribution is 0.180. The van der Waals surface area contributed by atoms with E-state index in [2.05, 4.69) is 43.3 Å². The quantitative estimate of drug-likeness (QED) is 0.930. The molecule has 98 valence electrons. The molecule has 4 heteroatoms. The van der Waals surface area contributed by atoms with Gasteiger partial charge in [-0.25, -0.2) is 0 Å². The van der Waals surface area contributed by atoms with Gasteiger partial charge in [-0.3, -0.25) is 9.88 Å². The Morgan fingerprint density at radius 1 is 1.28 bits per heavy atom. The third kappa shape index (κ3) is 2.76. The molecule has 18 heavy (non-hydrogen) atoms. The van der Waals surface area contributed by atoms with E-state index in [1.54, 1.807) is 0 Å². The number of fused-ring (bicyclic) bond motifs is 1. The van der Waals surface area contributed by atoms with Gasteiger partial charge in [-0.05, 0) is 53.9 Å². The topological polar surface area (TPSA) is 28.2 Å². The normalized spacial score (nSPS) is 28.3. The second kappa shape index (κ2) is 5.68. The molecule has 0 spiro atoms. The molecule has 2 fully saturated rings. The van der Waals surface area contributed by atoms with Crippen molar-refractivity contribution < 1.29 is 0 Å². The third-order valence-electron chi connectivity index (χ3n) is 4.19. The fraction of sp³-hybridized carbons (Fsp3) is 0.643. The summed E-state index contributed by atoms with van der Waals surface area (Å²) < 4.78 is 1.05. The average Bonchev–Trinajstić information content (AvgIpc) is 2.82. The van der Waals surface area contributed by atoms with Gasteiger partial charge >= 0.3 is 0 Å². The molecule has 2 saturated heterocycles. The van der Waals surface area contributed by atoms with Gasteiger partial charge < -0.3 is 5.32 Å². The molecule has 0 aromatic carbocycles. The summed E-state index contributed by atoms with van der Waals surface area (Å²) in [5.74, 6) is 0. The Labute approximate surface area is 117 Å². The summed E-state index contributed by atoms with van der Waals surface area (Å²) in [6.45, 7) is 3.47. The first-order valence-corrected chi connectivity index (χ1v) is 7.70. The lowest BCUT2D eigenvalue weighted by Crippen LogP contribution is -2.44. The van der Waals surface area contributed by atoms with E-state index in [9.17, 15) is 0 Å². The van der Waals surface area contributed by atoms with Gasteiger partial charge in [0.05, 0.1) is 5.69 Å². The van der Waals surface area contributed by atoms with Crippen molar-refractivity contribution in [1.82, 2.24) is 15.2 Å². The van der Waals surface area contributed by atoms with E-state index in [1.165, 1.54) is 38.8 Å². The molecule has 0 radical (unpaired) electrons. The zero-order valence-corrected chi connectivity index (χ0v) is 12.2. The molecule has 2 aliphatic rings. The number of nitrogens with one attached hydrogen (secondary N) is 1. The molecule has 1 aromatic rings. The molecule has 0 amide bonds. The maximum Gasteiger partial charge on any atom is 0.0542 e. The van der Waals surface area contributed by atoms with Crippen LogP contribution in [0.5, 0.6) is 0 Å². The molecule has 2 unspecified atom stereocenters. The predicted octanol–water partition coefficient (Wildman–Crippen LogP) is 2.56. The van der Waals surface area contributed by atoms with Crippen molar-refractivity contribution in [3.8, 4) is 0 Å². The van der Waals surface area contributed by atoms with Gasteiger partial charge in [0.15, 0.2) is 0 Å². The fourth-order valence-corrected chi connectivity index (χ4v) is 3.47. The van der Waals surface area contributed by atoms with Crippen LogP contribution >= 0.6 is 15.9 Å². The second-order valence-electron chi connectivity index (χ2n) is 5.34. The van der Waals surface area contributed by atoms with Crippen LogP contribution in [0.4, 0.5) is 0 Å². The average molecular weight is 310 g/mol. The maximum atomic E-state index is 4.42. The lowest BCUT2D eigenvalue weighted by Gasteiger charge is -2.32. The summed E-state index contributed by atoms with van der Waals surface area (Å²) >= 11 is 3.42. The van der Waals surface area contributed by atoms with Crippen LogP contribution in [0, 0.1) is 0 Å². The molecule has 3 rings (SSSR count). The summed E-state index contributed by atoms with van der Waals surface area (Å²) in [6, 6.07) is 5.58. The number of hydrogen-bond acceptors (Lipinski definition) is 3. The van der Waals surface area contributed by atoms with E-state index in [1.807, 2.05) is 6.20 Å². The molecule has 3 heterocycles. The zero-order valence-electron chi connectivity index (χ0n) is 10.6. The molecule has 3 nitrogen and oxygen atoms in total. The van der Waals surface area contributed by atoms with Crippen LogP contribution in [-0.4, -0.2) is 35.1 Å². The van der Waals surface area contributed by atoms with Gasteiger partial charge in [0.1, 0.15) is 0 Å². The Bertz CT molecular complexity index is 393. The highest BCUT2D eigenvalue weighted by Gasteiger charge is 2.34. The molecule has 1 aromatic heterocycles. The monoisotopic (exact) mass is 309 g/mol. The van der Waals surface area contributed by atoms with Gasteiger partial charge in [-0.15, -0.1) is 0 Å². The first kappa shape index (κ1) is 12.6. The largest absolute Gasteiger partial charge is 0.307 e. The predicted molar refractivity (Wildman–Crippen MR) is 76.4 cm³/mol. The van der Waals surface area contributed by atoms with Crippen molar-refractivity contribution >= 4 is 15.9 Å². The number of pyridine rings is 1. The molecule has 0 bridgehead atoms. The summed E-state index contributed by atoms with van der Waals surface area (Å²) in [6.07, 6.45) is 7.32. The van der Waals surface area contributed by atoms with Crippen molar-refractivity contribution in [2.45, 2.75) is 44.3 Å². The first-order chi connectivity index (χ1) is 8.83. The van der Waals surface area contributed by atoms with Crippen LogP contribution in [0.15, 0.2) is 22.8 Å². The van der Waals surface area contributed by atoms with Gasteiger partial charge in [0.2, 0.25) is 0 Å². The van der Waals surface area contributed by atoms with Crippen LogP contribution in [0.1, 0.15) is 31.4 Å². The Balaban J connectivity index is 1.55. The number of hydrogen-bond donors (Lipinski definition) is 1. The molecule has 2 aliphatic heterocycles. The minimum Gasteiger partial charge on any atom is -0.307 e. The van der Waals surface area contributed by atoms with E-state index < -0.39 is 0 Å².